The van der Waals surface area contributed by atoms with Gasteiger partial charge in [-0.05, 0) is 6.92 Å². The second-order valence-electron chi connectivity index (χ2n) is 2.95. The topological polar surface area (TPSA) is 55.5 Å². The van der Waals surface area contributed by atoms with Crippen LogP contribution in [-0.4, -0.2) is 41.5 Å². The average Bonchev–Trinajstić information content (AvgIpc) is 2.31. The van der Waals surface area contributed by atoms with Crippen LogP contribution in [0.25, 0.3) is 0 Å². The van der Waals surface area contributed by atoms with Crippen molar-refractivity contribution in [1.29, 1.82) is 0 Å². The van der Waals surface area contributed by atoms with Gasteiger partial charge in [0.05, 0.1) is 24.6 Å². The van der Waals surface area contributed by atoms with Crippen LogP contribution in [0.15, 0.2) is 0 Å². The summed E-state index contributed by atoms with van der Waals surface area (Å²) < 4.78 is 5.09. The van der Waals surface area contributed by atoms with Gasteiger partial charge in [0.1, 0.15) is 0 Å². The molecule has 0 aliphatic carbocycles. The minimum absolute atomic E-state index is 0.202. The van der Waals surface area contributed by atoms with Crippen molar-refractivity contribution in [3.8, 4) is 0 Å². The van der Waals surface area contributed by atoms with E-state index in [9.17, 15) is 5.11 Å². The Labute approximate surface area is 71.3 Å². The summed E-state index contributed by atoms with van der Waals surface area (Å²) >= 11 is 1.70. The molecule has 1 saturated heterocycles. The number of ether oxygens (including phenoxy) is 1. The van der Waals surface area contributed by atoms with E-state index in [4.69, 9.17) is 10.5 Å². The van der Waals surface area contributed by atoms with E-state index in [-0.39, 0.29) is 17.4 Å². The Bertz CT molecular complexity index is 121. The third-order valence-electron chi connectivity index (χ3n) is 1.57. The van der Waals surface area contributed by atoms with Gasteiger partial charge in [-0.25, -0.2) is 0 Å². The van der Waals surface area contributed by atoms with Gasteiger partial charge >= 0.3 is 0 Å². The lowest BCUT2D eigenvalue weighted by Gasteiger charge is -2.12. The minimum atomic E-state index is -0.293. The largest absolute Gasteiger partial charge is 0.389 e. The highest BCUT2D eigenvalue weighted by Crippen LogP contribution is 2.20. The Morgan fingerprint density at radius 3 is 2.91 bits per heavy atom. The lowest BCUT2D eigenvalue weighted by molar-refractivity contribution is 0.127. The van der Waals surface area contributed by atoms with Crippen LogP contribution < -0.4 is 5.73 Å². The quantitative estimate of drug-likeness (QED) is 0.628. The molecule has 4 heteroatoms. The van der Waals surface area contributed by atoms with Crippen molar-refractivity contribution in [2.45, 2.75) is 24.3 Å². The molecule has 1 aliphatic heterocycles. The number of hydrogen-bond acceptors (Lipinski definition) is 4. The van der Waals surface area contributed by atoms with E-state index < -0.39 is 0 Å². The average molecular weight is 177 g/mol. The highest BCUT2D eigenvalue weighted by atomic mass is 32.2. The van der Waals surface area contributed by atoms with Crippen molar-refractivity contribution in [2.75, 3.05) is 19.0 Å². The monoisotopic (exact) mass is 177 g/mol. The molecule has 0 aromatic carbocycles. The van der Waals surface area contributed by atoms with Crippen molar-refractivity contribution in [2.24, 2.45) is 5.73 Å². The van der Waals surface area contributed by atoms with Crippen LogP contribution in [0.1, 0.15) is 6.92 Å². The Balaban J connectivity index is 2.15. The van der Waals surface area contributed by atoms with Crippen LogP contribution in [0.4, 0.5) is 0 Å². The Morgan fingerprint density at radius 1 is 1.73 bits per heavy atom. The van der Waals surface area contributed by atoms with Crippen LogP contribution in [0.3, 0.4) is 0 Å². The predicted molar refractivity (Wildman–Crippen MR) is 46.7 cm³/mol. The molecule has 0 aromatic heterocycles. The van der Waals surface area contributed by atoms with Gasteiger partial charge in [0.2, 0.25) is 0 Å². The molecule has 0 amide bonds. The Kier molecular flexibility index (Phi) is 3.65. The number of hydrogen-bond donors (Lipinski definition) is 2. The van der Waals surface area contributed by atoms with Crippen LogP contribution in [-0.2, 0) is 4.74 Å². The lowest BCUT2D eigenvalue weighted by Crippen LogP contribution is -2.25. The van der Waals surface area contributed by atoms with E-state index in [0.29, 0.717) is 13.2 Å². The van der Waals surface area contributed by atoms with E-state index in [2.05, 4.69) is 0 Å². The number of nitrogens with two attached hydrogens (primary N) is 1. The molecule has 66 valence electrons. The fraction of sp³-hybridized carbons (Fsp3) is 1.00. The summed E-state index contributed by atoms with van der Waals surface area (Å²) in [6, 6.07) is 0.202. The third kappa shape index (κ3) is 2.99. The zero-order valence-electron chi connectivity index (χ0n) is 6.69. The summed E-state index contributed by atoms with van der Waals surface area (Å²) in [5.41, 5.74) is 5.57. The maximum Gasteiger partial charge on any atom is 0.0914 e. The Hall–Kier alpha value is 0.230. The number of thioether (sulfide) groups is 1. The molecule has 0 radical (unpaired) electrons. The summed E-state index contributed by atoms with van der Waals surface area (Å²) in [5.74, 6) is 0.894. The van der Waals surface area contributed by atoms with Gasteiger partial charge < -0.3 is 15.6 Å². The summed E-state index contributed by atoms with van der Waals surface area (Å²) in [4.78, 5) is 0. The molecular formula is C7H15NO2S. The summed E-state index contributed by atoms with van der Waals surface area (Å²) in [6.45, 7) is 3.12. The van der Waals surface area contributed by atoms with Gasteiger partial charge in [-0.15, -0.1) is 0 Å². The zero-order chi connectivity index (χ0) is 8.27. The minimum Gasteiger partial charge on any atom is -0.389 e. The lowest BCUT2D eigenvalue weighted by atomic mass is 10.3. The van der Waals surface area contributed by atoms with Gasteiger partial charge in [0.25, 0.3) is 0 Å². The fourth-order valence-electron chi connectivity index (χ4n) is 0.958. The third-order valence-corrected chi connectivity index (χ3v) is 3.17. The van der Waals surface area contributed by atoms with Crippen LogP contribution >= 0.6 is 11.8 Å². The van der Waals surface area contributed by atoms with Gasteiger partial charge in [0.15, 0.2) is 0 Å². The van der Waals surface area contributed by atoms with E-state index in [1.807, 2.05) is 6.92 Å². The molecule has 3 N–H and O–H groups in total. The molecule has 0 spiro atoms. The standard InChI is InChI=1S/C7H15NO2S/c1-5(8)4-11-7-3-10-2-6(7)9/h5-7,9H,2-4,8H2,1H3. The molecular weight excluding hydrogens is 162 g/mol. The van der Waals surface area contributed by atoms with E-state index in [1.54, 1.807) is 11.8 Å². The first kappa shape index (κ1) is 9.32. The number of aliphatic hydroxyl groups is 1. The van der Waals surface area contributed by atoms with Gasteiger partial charge in [-0.3, -0.25) is 0 Å². The Morgan fingerprint density at radius 2 is 2.45 bits per heavy atom. The molecule has 3 nitrogen and oxygen atoms in total. The van der Waals surface area contributed by atoms with Crippen molar-refractivity contribution in [3.05, 3.63) is 0 Å². The first-order valence-corrected chi connectivity index (χ1v) is 4.88. The van der Waals surface area contributed by atoms with Crippen molar-refractivity contribution in [1.82, 2.24) is 0 Å². The fourth-order valence-corrected chi connectivity index (χ4v) is 2.00. The second kappa shape index (κ2) is 4.30. The van der Waals surface area contributed by atoms with Crippen LogP contribution in [0, 0.1) is 0 Å². The first-order valence-electron chi connectivity index (χ1n) is 3.83. The molecule has 11 heavy (non-hydrogen) atoms. The van der Waals surface area contributed by atoms with Crippen molar-refractivity contribution < 1.29 is 9.84 Å². The molecule has 3 atom stereocenters. The molecule has 1 rings (SSSR count). The molecule has 3 unspecified atom stereocenters. The predicted octanol–water partition coefficient (Wildman–Crippen LogP) is -0.174. The number of rotatable bonds is 3. The molecule has 0 bridgehead atoms. The molecule has 1 aliphatic rings. The van der Waals surface area contributed by atoms with Gasteiger partial charge in [0, 0.05) is 11.8 Å². The normalized spacial score (nSPS) is 34.1. The van der Waals surface area contributed by atoms with Crippen LogP contribution in [0.2, 0.25) is 0 Å². The van der Waals surface area contributed by atoms with Crippen LogP contribution in [0.5, 0.6) is 0 Å². The summed E-state index contributed by atoms with van der Waals surface area (Å²) in [6.07, 6.45) is -0.293. The SMILES string of the molecule is CC(N)CSC1COCC1O. The molecule has 0 saturated carbocycles. The smallest absolute Gasteiger partial charge is 0.0914 e. The molecule has 1 heterocycles. The maximum atomic E-state index is 9.32. The summed E-state index contributed by atoms with van der Waals surface area (Å²) in [7, 11) is 0. The highest BCUT2D eigenvalue weighted by Gasteiger charge is 2.26. The zero-order valence-corrected chi connectivity index (χ0v) is 7.51. The van der Waals surface area contributed by atoms with E-state index in [0.717, 1.165) is 5.75 Å². The summed E-state index contributed by atoms with van der Waals surface area (Å²) in [5, 5.41) is 9.55. The van der Waals surface area contributed by atoms with E-state index in [1.165, 1.54) is 0 Å². The van der Waals surface area contributed by atoms with E-state index >= 15 is 0 Å². The highest BCUT2D eigenvalue weighted by molar-refractivity contribution is 8.00. The molecule has 0 aromatic rings. The van der Waals surface area contributed by atoms with Crippen molar-refractivity contribution >= 4 is 11.8 Å². The van der Waals surface area contributed by atoms with Crippen molar-refractivity contribution in [3.63, 3.8) is 0 Å². The van der Waals surface area contributed by atoms with Gasteiger partial charge in [-0.2, -0.15) is 11.8 Å². The molecule has 1 fully saturated rings. The van der Waals surface area contributed by atoms with Gasteiger partial charge in [-0.1, -0.05) is 0 Å². The second-order valence-corrected chi connectivity index (χ2v) is 4.23. The maximum absolute atomic E-state index is 9.32. The number of aliphatic hydroxyl groups excluding tert-OH is 1. The first-order chi connectivity index (χ1) is 5.20.